The topological polar surface area (TPSA) is 72.8 Å². The van der Waals surface area contributed by atoms with E-state index in [0.29, 0.717) is 29.6 Å². The van der Waals surface area contributed by atoms with E-state index in [4.69, 9.17) is 21.4 Å². The Kier molecular flexibility index (Phi) is 5.67. The Balaban J connectivity index is 1.41. The Labute approximate surface area is 195 Å². The molecule has 0 saturated carbocycles. The summed E-state index contributed by atoms with van der Waals surface area (Å²) in [7, 11) is 0. The van der Waals surface area contributed by atoms with Gasteiger partial charge >= 0.3 is 0 Å². The molecule has 164 valence electrons. The molecule has 33 heavy (non-hydrogen) atoms. The van der Waals surface area contributed by atoms with Crippen molar-refractivity contribution in [3.05, 3.63) is 100 Å². The number of nitrogens with zero attached hydrogens (tertiary/aromatic N) is 3. The first-order valence-corrected chi connectivity index (χ1v) is 10.9. The van der Waals surface area contributed by atoms with Crippen molar-refractivity contribution in [1.29, 1.82) is 0 Å². The lowest BCUT2D eigenvalue weighted by atomic mass is 10.2. The molecule has 0 amide bonds. The predicted molar refractivity (Wildman–Crippen MR) is 129 cm³/mol. The summed E-state index contributed by atoms with van der Waals surface area (Å²) in [5.74, 6) is 1.42. The van der Waals surface area contributed by atoms with Gasteiger partial charge in [0.2, 0.25) is 0 Å². The molecule has 6 nitrogen and oxygen atoms in total. The number of aromatic amines is 1. The van der Waals surface area contributed by atoms with E-state index in [-0.39, 0.29) is 0 Å². The first-order chi connectivity index (χ1) is 16.1. The Bertz CT molecular complexity index is 1440. The fourth-order valence-electron chi connectivity index (χ4n) is 3.71. The summed E-state index contributed by atoms with van der Waals surface area (Å²) in [6.07, 6.45) is 0.815. The standard InChI is InChI=1S/C26H21ClN4O2/c1-17-11-24(26-28-22-9-7-19(15-32)12-23(22)29-26)30-31(17)14-20-13-21(27)8-10-25(20)33-16-18-5-3-2-4-6-18/h2-13,15H,14,16H2,1H3,(H,28,29). The number of rotatable bonds is 7. The molecule has 1 N–H and O–H groups in total. The molecule has 0 radical (unpaired) electrons. The van der Waals surface area contributed by atoms with Gasteiger partial charge in [-0.2, -0.15) is 5.10 Å². The molecule has 0 aliphatic heterocycles. The zero-order valence-corrected chi connectivity index (χ0v) is 18.7. The van der Waals surface area contributed by atoms with E-state index in [9.17, 15) is 4.79 Å². The number of hydrogen-bond acceptors (Lipinski definition) is 4. The Morgan fingerprint density at radius 1 is 1.06 bits per heavy atom. The lowest BCUT2D eigenvalue weighted by Crippen LogP contribution is -2.06. The highest BCUT2D eigenvalue weighted by Crippen LogP contribution is 2.27. The maximum absolute atomic E-state index is 11.1. The summed E-state index contributed by atoms with van der Waals surface area (Å²) in [6, 6.07) is 23.0. The molecule has 0 aliphatic rings. The second-order valence-electron chi connectivity index (χ2n) is 7.83. The number of hydrogen-bond donors (Lipinski definition) is 1. The second-order valence-corrected chi connectivity index (χ2v) is 8.27. The number of halogens is 1. The minimum absolute atomic E-state index is 0.473. The number of carbonyl (C=O) groups is 1. The number of carbonyl (C=O) groups excluding carboxylic acids is 1. The van der Waals surface area contributed by atoms with Gasteiger partial charge in [-0.05, 0) is 55.0 Å². The number of nitrogens with one attached hydrogen (secondary N) is 1. The number of aryl methyl sites for hydroxylation is 1. The number of fused-ring (bicyclic) bond motifs is 1. The van der Waals surface area contributed by atoms with Gasteiger partial charge in [0.15, 0.2) is 5.82 Å². The highest BCUT2D eigenvalue weighted by molar-refractivity contribution is 6.30. The number of ether oxygens (including phenoxy) is 1. The summed E-state index contributed by atoms with van der Waals surface area (Å²) < 4.78 is 8.00. The third-order valence-electron chi connectivity index (χ3n) is 5.45. The van der Waals surface area contributed by atoms with Crippen LogP contribution in [0.15, 0.2) is 72.8 Å². The quantitative estimate of drug-likeness (QED) is 0.313. The van der Waals surface area contributed by atoms with Crippen LogP contribution in [0.25, 0.3) is 22.6 Å². The highest BCUT2D eigenvalue weighted by atomic mass is 35.5. The largest absolute Gasteiger partial charge is 0.489 e. The van der Waals surface area contributed by atoms with E-state index in [2.05, 4.69) is 9.97 Å². The molecular formula is C26H21ClN4O2. The number of imidazole rings is 1. The average Bonchev–Trinajstić information content (AvgIpc) is 3.42. The lowest BCUT2D eigenvalue weighted by Gasteiger charge is -2.13. The first-order valence-electron chi connectivity index (χ1n) is 10.5. The van der Waals surface area contributed by atoms with Gasteiger partial charge in [-0.25, -0.2) is 4.98 Å². The van der Waals surface area contributed by atoms with Gasteiger partial charge in [-0.3, -0.25) is 9.48 Å². The van der Waals surface area contributed by atoms with Crippen LogP contribution in [0.2, 0.25) is 5.02 Å². The van der Waals surface area contributed by atoms with Crippen LogP contribution in [-0.2, 0) is 13.2 Å². The van der Waals surface area contributed by atoms with Crippen molar-refractivity contribution in [2.24, 2.45) is 0 Å². The van der Waals surface area contributed by atoms with Crippen molar-refractivity contribution in [2.45, 2.75) is 20.1 Å². The first kappa shape index (κ1) is 21.0. The smallest absolute Gasteiger partial charge is 0.159 e. The second kappa shape index (κ2) is 8.92. The lowest BCUT2D eigenvalue weighted by molar-refractivity contribution is 0.112. The van der Waals surface area contributed by atoms with Crippen LogP contribution in [0, 0.1) is 6.92 Å². The molecule has 0 unspecified atom stereocenters. The van der Waals surface area contributed by atoms with Crippen molar-refractivity contribution < 1.29 is 9.53 Å². The van der Waals surface area contributed by atoms with Crippen LogP contribution in [0.3, 0.4) is 0 Å². The van der Waals surface area contributed by atoms with Crippen LogP contribution in [-0.4, -0.2) is 26.0 Å². The minimum Gasteiger partial charge on any atom is -0.489 e. The van der Waals surface area contributed by atoms with E-state index in [0.717, 1.165) is 45.6 Å². The van der Waals surface area contributed by atoms with Gasteiger partial charge in [0, 0.05) is 21.8 Å². The molecule has 2 heterocycles. The van der Waals surface area contributed by atoms with Crippen LogP contribution in [0.5, 0.6) is 5.75 Å². The van der Waals surface area contributed by atoms with Crippen molar-refractivity contribution in [3.63, 3.8) is 0 Å². The molecule has 0 saturated heterocycles. The number of benzene rings is 3. The molecule has 0 spiro atoms. The fraction of sp³-hybridized carbons (Fsp3) is 0.115. The van der Waals surface area contributed by atoms with Gasteiger partial charge in [0.1, 0.15) is 24.3 Å². The van der Waals surface area contributed by atoms with Crippen LogP contribution in [0.1, 0.15) is 27.2 Å². The van der Waals surface area contributed by atoms with Gasteiger partial charge in [-0.1, -0.05) is 41.9 Å². The molecule has 0 aliphatic carbocycles. The molecule has 7 heteroatoms. The summed E-state index contributed by atoms with van der Waals surface area (Å²) >= 11 is 6.29. The third kappa shape index (κ3) is 4.52. The van der Waals surface area contributed by atoms with E-state index in [1.165, 1.54) is 0 Å². The molecule has 5 rings (SSSR count). The van der Waals surface area contributed by atoms with Crippen molar-refractivity contribution in [2.75, 3.05) is 0 Å². The summed E-state index contributed by atoms with van der Waals surface area (Å²) in [6.45, 7) is 2.98. The molecule has 5 aromatic rings. The molecule has 0 atom stereocenters. The van der Waals surface area contributed by atoms with Gasteiger partial charge < -0.3 is 9.72 Å². The van der Waals surface area contributed by atoms with Gasteiger partial charge in [-0.15, -0.1) is 0 Å². The third-order valence-corrected chi connectivity index (χ3v) is 5.68. The van der Waals surface area contributed by atoms with Gasteiger partial charge in [0.25, 0.3) is 0 Å². The summed E-state index contributed by atoms with van der Waals surface area (Å²) in [4.78, 5) is 18.9. The zero-order chi connectivity index (χ0) is 22.8. The summed E-state index contributed by atoms with van der Waals surface area (Å²) in [5, 5.41) is 5.40. The van der Waals surface area contributed by atoms with Crippen molar-refractivity contribution in [3.8, 4) is 17.3 Å². The monoisotopic (exact) mass is 456 g/mol. The average molecular weight is 457 g/mol. The minimum atomic E-state index is 0.473. The van der Waals surface area contributed by atoms with E-state index < -0.39 is 0 Å². The maximum atomic E-state index is 11.1. The molecule has 3 aromatic carbocycles. The number of H-pyrrole nitrogens is 1. The highest BCUT2D eigenvalue weighted by Gasteiger charge is 2.14. The molecular weight excluding hydrogens is 436 g/mol. The predicted octanol–water partition coefficient (Wildman–Crippen LogP) is 5.83. The number of aldehydes is 1. The SMILES string of the molecule is Cc1cc(-c2nc3cc(C=O)ccc3[nH]2)nn1Cc1cc(Cl)ccc1OCc1ccccc1. The van der Waals surface area contributed by atoms with E-state index >= 15 is 0 Å². The van der Waals surface area contributed by atoms with Crippen LogP contribution < -0.4 is 4.74 Å². The van der Waals surface area contributed by atoms with Crippen molar-refractivity contribution >= 4 is 28.9 Å². The molecule has 0 bridgehead atoms. The normalized spacial score (nSPS) is 11.1. The summed E-state index contributed by atoms with van der Waals surface area (Å²) in [5.41, 5.74) is 5.92. The maximum Gasteiger partial charge on any atom is 0.159 e. The Morgan fingerprint density at radius 2 is 1.91 bits per heavy atom. The van der Waals surface area contributed by atoms with E-state index in [1.54, 1.807) is 12.1 Å². The number of aromatic nitrogens is 4. The Morgan fingerprint density at radius 3 is 2.73 bits per heavy atom. The Hall–Kier alpha value is -3.90. The molecule has 0 fully saturated rings. The van der Waals surface area contributed by atoms with E-state index in [1.807, 2.05) is 72.3 Å². The van der Waals surface area contributed by atoms with Gasteiger partial charge in [0.05, 0.1) is 17.6 Å². The van der Waals surface area contributed by atoms with Crippen LogP contribution >= 0.6 is 11.6 Å². The zero-order valence-electron chi connectivity index (χ0n) is 18.0. The molecule has 2 aromatic heterocycles. The fourth-order valence-corrected chi connectivity index (χ4v) is 3.91. The van der Waals surface area contributed by atoms with Crippen LogP contribution in [0.4, 0.5) is 0 Å². The van der Waals surface area contributed by atoms with Crippen molar-refractivity contribution in [1.82, 2.24) is 19.7 Å².